The van der Waals surface area contributed by atoms with Crippen LogP contribution in [0.3, 0.4) is 0 Å². The van der Waals surface area contributed by atoms with E-state index in [1.807, 2.05) is 6.92 Å². The molecule has 0 aliphatic carbocycles. The van der Waals surface area contributed by atoms with Gasteiger partial charge in [-0.1, -0.05) is 36.5 Å². The molecule has 0 amide bonds. The molecule has 1 nitrogen and oxygen atoms in total. The second kappa shape index (κ2) is 3.43. The van der Waals surface area contributed by atoms with E-state index in [4.69, 9.17) is 23.2 Å². The highest BCUT2D eigenvalue weighted by molar-refractivity contribution is 6.58. The average Bonchev–Trinajstić information content (AvgIpc) is 1.65. The third-order valence-electron chi connectivity index (χ3n) is 1.08. The average molecular weight is 169 g/mol. The van der Waals surface area contributed by atoms with E-state index in [0.717, 1.165) is 6.42 Å². The van der Waals surface area contributed by atoms with E-state index in [1.54, 1.807) is 0 Å². The molecule has 0 aliphatic heterocycles. The fraction of sp³-hybridized carbons (Fsp3) is 0.833. The standard InChI is InChI=1S/C6H10Cl2O/c1-3-4-6(7,8)5(2)9/h3-4H2,1-2H3. The summed E-state index contributed by atoms with van der Waals surface area (Å²) in [5.74, 6) is -0.173. The number of Topliss-reactive ketones (excluding diaryl/α,β-unsaturated/α-hetero) is 1. The summed E-state index contributed by atoms with van der Waals surface area (Å²) in [4.78, 5) is 10.6. The van der Waals surface area contributed by atoms with Crippen molar-refractivity contribution in [2.45, 2.75) is 31.0 Å². The van der Waals surface area contributed by atoms with Crippen LogP contribution >= 0.6 is 23.2 Å². The highest BCUT2D eigenvalue weighted by Gasteiger charge is 2.27. The van der Waals surface area contributed by atoms with E-state index in [-0.39, 0.29) is 5.78 Å². The SMILES string of the molecule is CCCC(Cl)(Cl)C(C)=O. The van der Waals surface area contributed by atoms with Crippen LogP contribution in [0.5, 0.6) is 0 Å². The summed E-state index contributed by atoms with van der Waals surface area (Å²) in [5.41, 5.74) is 0. The Morgan fingerprint density at radius 3 is 2.11 bits per heavy atom. The summed E-state index contributed by atoms with van der Waals surface area (Å²) in [7, 11) is 0. The molecule has 0 heterocycles. The molecule has 0 N–H and O–H groups in total. The van der Waals surface area contributed by atoms with Crippen molar-refractivity contribution < 1.29 is 4.79 Å². The molecule has 0 saturated heterocycles. The maximum Gasteiger partial charge on any atom is 0.175 e. The van der Waals surface area contributed by atoms with Crippen LogP contribution in [-0.2, 0) is 4.79 Å². The Labute approximate surface area is 65.3 Å². The lowest BCUT2D eigenvalue weighted by Gasteiger charge is -2.13. The molecule has 9 heavy (non-hydrogen) atoms. The molecule has 0 rings (SSSR count). The number of carbonyl (C=O) groups is 1. The summed E-state index contributed by atoms with van der Waals surface area (Å²) in [5, 5.41) is 0. The topological polar surface area (TPSA) is 17.1 Å². The predicted octanol–water partition coefficient (Wildman–Crippen LogP) is 2.55. The molecule has 3 heteroatoms. The lowest BCUT2D eigenvalue weighted by molar-refractivity contribution is -0.117. The molecule has 0 fully saturated rings. The number of hydrogen-bond donors (Lipinski definition) is 0. The highest BCUT2D eigenvalue weighted by atomic mass is 35.5. The van der Waals surface area contributed by atoms with E-state index in [2.05, 4.69) is 0 Å². The summed E-state index contributed by atoms with van der Waals surface area (Å²) in [6.45, 7) is 3.33. The first kappa shape index (κ1) is 9.25. The van der Waals surface area contributed by atoms with Gasteiger partial charge >= 0.3 is 0 Å². The number of ketones is 1. The van der Waals surface area contributed by atoms with Crippen molar-refractivity contribution in [1.29, 1.82) is 0 Å². The van der Waals surface area contributed by atoms with Crippen molar-refractivity contribution in [3.05, 3.63) is 0 Å². The zero-order valence-corrected chi connectivity index (χ0v) is 7.09. The van der Waals surface area contributed by atoms with Crippen LogP contribution in [0.4, 0.5) is 0 Å². The lowest BCUT2D eigenvalue weighted by atomic mass is 10.2. The smallest absolute Gasteiger partial charge is 0.175 e. The van der Waals surface area contributed by atoms with Crippen LogP contribution in [0, 0.1) is 0 Å². The fourth-order valence-corrected chi connectivity index (χ4v) is 0.868. The molecule has 54 valence electrons. The molecule has 0 aliphatic rings. The van der Waals surface area contributed by atoms with Gasteiger partial charge in [0, 0.05) is 0 Å². The first-order valence-electron chi connectivity index (χ1n) is 2.89. The monoisotopic (exact) mass is 168 g/mol. The Balaban J connectivity index is 3.85. The molecular formula is C6H10Cl2O. The minimum absolute atomic E-state index is 0.173. The van der Waals surface area contributed by atoms with E-state index in [0.29, 0.717) is 6.42 Å². The van der Waals surface area contributed by atoms with Crippen molar-refractivity contribution in [3.8, 4) is 0 Å². The van der Waals surface area contributed by atoms with E-state index in [9.17, 15) is 4.79 Å². The minimum Gasteiger partial charge on any atom is -0.297 e. The normalized spacial score (nSPS) is 11.6. The van der Waals surface area contributed by atoms with Crippen LogP contribution in [0.1, 0.15) is 26.7 Å². The first-order chi connectivity index (χ1) is 4.00. The van der Waals surface area contributed by atoms with Gasteiger partial charge in [0.2, 0.25) is 0 Å². The fourth-order valence-electron chi connectivity index (χ4n) is 0.490. The van der Waals surface area contributed by atoms with Gasteiger partial charge in [-0.3, -0.25) is 4.79 Å². The molecule has 0 saturated carbocycles. The zero-order valence-electron chi connectivity index (χ0n) is 5.58. The van der Waals surface area contributed by atoms with Gasteiger partial charge < -0.3 is 0 Å². The molecule has 0 aromatic rings. The molecule has 0 aromatic heterocycles. The van der Waals surface area contributed by atoms with Crippen molar-refractivity contribution in [2.75, 3.05) is 0 Å². The predicted molar refractivity (Wildman–Crippen MR) is 40.0 cm³/mol. The molecule has 0 aromatic carbocycles. The zero-order chi connectivity index (χ0) is 7.49. The van der Waals surface area contributed by atoms with Crippen molar-refractivity contribution in [2.24, 2.45) is 0 Å². The Bertz CT molecular complexity index is 110. The van der Waals surface area contributed by atoms with Gasteiger partial charge in [-0.05, 0) is 13.3 Å². The van der Waals surface area contributed by atoms with Gasteiger partial charge in [0.15, 0.2) is 10.1 Å². The Hall–Kier alpha value is 0.250. The molecular weight excluding hydrogens is 159 g/mol. The summed E-state index contributed by atoms with van der Waals surface area (Å²) >= 11 is 11.2. The maximum atomic E-state index is 10.6. The number of carbonyl (C=O) groups excluding carboxylic acids is 1. The van der Waals surface area contributed by atoms with Crippen LogP contribution in [0.15, 0.2) is 0 Å². The van der Waals surface area contributed by atoms with Gasteiger partial charge in [-0.25, -0.2) is 0 Å². The second-order valence-corrected chi connectivity index (χ2v) is 3.49. The summed E-state index contributed by atoms with van der Waals surface area (Å²) in [6, 6.07) is 0. The molecule has 0 radical (unpaired) electrons. The lowest BCUT2D eigenvalue weighted by Crippen LogP contribution is -2.22. The second-order valence-electron chi connectivity index (χ2n) is 2.01. The summed E-state index contributed by atoms with van der Waals surface area (Å²) < 4.78 is -1.14. The van der Waals surface area contributed by atoms with Gasteiger partial charge in [0.25, 0.3) is 0 Å². The quantitative estimate of drug-likeness (QED) is 0.593. The van der Waals surface area contributed by atoms with Gasteiger partial charge in [0.1, 0.15) is 0 Å². The Morgan fingerprint density at radius 2 is 2.00 bits per heavy atom. The number of hydrogen-bond acceptors (Lipinski definition) is 1. The van der Waals surface area contributed by atoms with Crippen LogP contribution < -0.4 is 0 Å². The number of rotatable bonds is 3. The van der Waals surface area contributed by atoms with E-state index < -0.39 is 4.33 Å². The van der Waals surface area contributed by atoms with Gasteiger partial charge in [-0.15, -0.1) is 0 Å². The van der Waals surface area contributed by atoms with E-state index >= 15 is 0 Å². The highest BCUT2D eigenvalue weighted by Crippen LogP contribution is 2.27. The largest absolute Gasteiger partial charge is 0.297 e. The molecule has 0 atom stereocenters. The minimum atomic E-state index is -1.14. The number of halogens is 2. The number of alkyl halides is 2. The third-order valence-corrected chi connectivity index (χ3v) is 1.99. The third kappa shape index (κ3) is 3.07. The van der Waals surface area contributed by atoms with Crippen molar-refractivity contribution in [3.63, 3.8) is 0 Å². The van der Waals surface area contributed by atoms with Crippen LogP contribution in [-0.4, -0.2) is 10.1 Å². The summed E-state index contributed by atoms with van der Waals surface area (Å²) in [6.07, 6.45) is 1.36. The van der Waals surface area contributed by atoms with Crippen LogP contribution in [0.2, 0.25) is 0 Å². The van der Waals surface area contributed by atoms with Crippen LogP contribution in [0.25, 0.3) is 0 Å². The maximum absolute atomic E-state index is 10.6. The first-order valence-corrected chi connectivity index (χ1v) is 3.65. The van der Waals surface area contributed by atoms with Gasteiger partial charge in [0.05, 0.1) is 0 Å². The van der Waals surface area contributed by atoms with Crippen molar-refractivity contribution >= 4 is 29.0 Å². The Morgan fingerprint density at radius 1 is 1.56 bits per heavy atom. The van der Waals surface area contributed by atoms with Crippen molar-refractivity contribution in [1.82, 2.24) is 0 Å². The molecule has 0 spiro atoms. The van der Waals surface area contributed by atoms with Gasteiger partial charge in [-0.2, -0.15) is 0 Å². The molecule has 0 unspecified atom stereocenters. The van der Waals surface area contributed by atoms with E-state index in [1.165, 1.54) is 6.92 Å². The Kier molecular flexibility index (Phi) is 3.52. The molecule has 0 bridgehead atoms.